The third kappa shape index (κ3) is 4.75. The van der Waals surface area contributed by atoms with E-state index in [-0.39, 0.29) is 25.0 Å². The molecule has 0 radical (unpaired) electrons. The molecular weight excluding hydrogens is 448 g/mol. The van der Waals surface area contributed by atoms with Gasteiger partial charge in [-0.15, -0.1) is 0 Å². The number of anilines is 1. The van der Waals surface area contributed by atoms with Crippen molar-refractivity contribution in [3.8, 4) is 11.1 Å². The number of hydrogen-bond acceptors (Lipinski definition) is 5. The Morgan fingerprint density at radius 1 is 1.06 bits per heavy atom. The third-order valence-electron chi connectivity index (χ3n) is 6.73. The third-order valence-corrected chi connectivity index (χ3v) is 6.73. The lowest BCUT2D eigenvalue weighted by Crippen LogP contribution is -2.49. The number of hydrogen-bond donors (Lipinski definition) is 3. The summed E-state index contributed by atoms with van der Waals surface area (Å²) in [5.41, 5.74) is 4.94. The zero-order valence-corrected chi connectivity index (χ0v) is 19.0. The Labute approximate surface area is 202 Å². The van der Waals surface area contributed by atoms with Gasteiger partial charge in [-0.3, -0.25) is 14.8 Å². The molecule has 9 nitrogen and oxygen atoms in total. The van der Waals surface area contributed by atoms with E-state index in [0.29, 0.717) is 5.69 Å². The zero-order valence-electron chi connectivity index (χ0n) is 19.0. The molecule has 0 bridgehead atoms. The summed E-state index contributed by atoms with van der Waals surface area (Å²) < 4.78 is 6.87. The summed E-state index contributed by atoms with van der Waals surface area (Å²) in [6.45, 7) is 0.0387. The van der Waals surface area contributed by atoms with E-state index in [2.05, 4.69) is 40.0 Å². The Balaban J connectivity index is 1.15. The van der Waals surface area contributed by atoms with Gasteiger partial charge in [0.05, 0.1) is 11.9 Å². The largest absolute Gasteiger partial charge is 0.480 e. The topological polar surface area (TPSA) is 123 Å². The molecule has 1 heterocycles. The lowest BCUT2D eigenvalue weighted by atomic mass is 9.79. The number of aromatic nitrogens is 2. The molecule has 3 aromatic rings. The number of carbonyl (C=O) groups excluding carboxylic acids is 2. The minimum atomic E-state index is -1.03. The molecule has 35 heavy (non-hydrogen) atoms. The molecule has 5 rings (SSSR count). The van der Waals surface area contributed by atoms with Crippen molar-refractivity contribution in [3.63, 3.8) is 0 Å². The number of ether oxygens (including phenoxy) is 1. The molecule has 1 atom stereocenters. The molecule has 1 saturated carbocycles. The maximum atomic E-state index is 12.4. The van der Waals surface area contributed by atoms with Gasteiger partial charge in [0.1, 0.15) is 19.2 Å². The molecule has 1 aromatic heterocycles. The van der Waals surface area contributed by atoms with Crippen LogP contribution >= 0.6 is 0 Å². The van der Waals surface area contributed by atoms with E-state index in [1.165, 1.54) is 17.1 Å². The van der Waals surface area contributed by atoms with Crippen molar-refractivity contribution in [2.24, 2.45) is 5.92 Å². The maximum absolute atomic E-state index is 12.4. The predicted molar refractivity (Wildman–Crippen MR) is 128 cm³/mol. The highest BCUT2D eigenvalue weighted by atomic mass is 16.5. The van der Waals surface area contributed by atoms with E-state index in [0.717, 1.165) is 41.5 Å². The quantitative estimate of drug-likeness (QED) is 0.458. The van der Waals surface area contributed by atoms with Crippen molar-refractivity contribution < 1.29 is 24.2 Å². The minimum absolute atomic E-state index is 0.0279. The molecule has 2 aliphatic rings. The normalized spacial score (nSPS) is 15.4. The van der Waals surface area contributed by atoms with Gasteiger partial charge in [-0.1, -0.05) is 55.0 Å². The summed E-state index contributed by atoms with van der Waals surface area (Å²) in [6, 6.07) is 15.3. The van der Waals surface area contributed by atoms with E-state index >= 15 is 0 Å². The first-order chi connectivity index (χ1) is 17.0. The van der Waals surface area contributed by atoms with Gasteiger partial charge in [0.2, 0.25) is 5.91 Å². The van der Waals surface area contributed by atoms with Crippen LogP contribution < -0.4 is 10.6 Å². The number of amides is 2. The lowest BCUT2D eigenvalue weighted by Gasteiger charge is -2.31. The molecule has 180 valence electrons. The molecular formula is C26H26N4O5. The number of rotatable bonds is 8. The van der Waals surface area contributed by atoms with Crippen LogP contribution in [-0.4, -0.2) is 45.5 Å². The van der Waals surface area contributed by atoms with Gasteiger partial charge in [-0.25, -0.2) is 9.59 Å². The van der Waals surface area contributed by atoms with Crippen LogP contribution in [0.2, 0.25) is 0 Å². The second-order valence-electron chi connectivity index (χ2n) is 8.95. The second-order valence-corrected chi connectivity index (χ2v) is 8.95. The Hall–Kier alpha value is -4.14. The number of benzene rings is 2. The molecule has 2 aliphatic carbocycles. The van der Waals surface area contributed by atoms with E-state index < -0.39 is 24.0 Å². The van der Waals surface area contributed by atoms with E-state index in [1.807, 2.05) is 24.3 Å². The molecule has 0 spiro atoms. The number of aliphatic carboxylic acids is 1. The van der Waals surface area contributed by atoms with E-state index in [9.17, 15) is 19.5 Å². The summed E-state index contributed by atoms with van der Waals surface area (Å²) in [7, 11) is 0. The Morgan fingerprint density at radius 3 is 2.31 bits per heavy atom. The average Bonchev–Trinajstić information content (AvgIpc) is 3.37. The fourth-order valence-corrected chi connectivity index (χ4v) is 4.79. The van der Waals surface area contributed by atoms with Crippen LogP contribution in [0.3, 0.4) is 0 Å². The Bertz CT molecular complexity index is 1220. The highest BCUT2D eigenvalue weighted by molar-refractivity contribution is 5.85. The summed E-state index contributed by atoms with van der Waals surface area (Å²) >= 11 is 0. The smallest absolute Gasteiger partial charge is 0.411 e. The number of carboxylic acids is 1. The van der Waals surface area contributed by atoms with Crippen LogP contribution in [0.4, 0.5) is 10.5 Å². The second kappa shape index (κ2) is 9.61. The van der Waals surface area contributed by atoms with E-state index in [4.69, 9.17) is 4.74 Å². The number of carboxylic acid groups (broad SMARTS) is 1. The fourth-order valence-electron chi connectivity index (χ4n) is 4.79. The van der Waals surface area contributed by atoms with Crippen molar-refractivity contribution in [1.82, 2.24) is 15.1 Å². The summed E-state index contributed by atoms with van der Waals surface area (Å²) in [6.07, 6.45) is 4.87. The number of nitrogens with one attached hydrogen (secondary N) is 2. The van der Waals surface area contributed by atoms with Gasteiger partial charge in [-0.2, -0.15) is 5.10 Å². The number of fused-ring (bicyclic) bond motifs is 3. The van der Waals surface area contributed by atoms with Crippen LogP contribution in [0.25, 0.3) is 11.1 Å². The fraction of sp³-hybridized carbons (Fsp3) is 0.308. The molecule has 1 fully saturated rings. The van der Waals surface area contributed by atoms with Crippen LogP contribution in [-0.2, 0) is 20.9 Å². The van der Waals surface area contributed by atoms with Crippen molar-refractivity contribution >= 4 is 23.7 Å². The first-order valence-electron chi connectivity index (χ1n) is 11.7. The van der Waals surface area contributed by atoms with Crippen LogP contribution in [0.5, 0.6) is 0 Å². The number of nitrogens with zero attached hydrogens (tertiary/aromatic N) is 2. The average molecular weight is 475 g/mol. The molecule has 9 heteroatoms. The Morgan fingerprint density at radius 2 is 1.71 bits per heavy atom. The molecule has 2 amide bonds. The summed E-state index contributed by atoms with van der Waals surface area (Å²) in [5, 5.41) is 18.6. The molecule has 2 aromatic carbocycles. The highest BCUT2D eigenvalue weighted by Crippen LogP contribution is 2.44. The lowest BCUT2D eigenvalue weighted by molar-refractivity contribution is -0.144. The molecule has 3 N–H and O–H groups in total. The van der Waals surface area contributed by atoms with Gasteiger partial charge < -0.3 is 15.2 Å². The van der Waals surface area contributed by atoms with Crippen molar-refractivity contribution in [3.05, 3.63) is 72.1 Å². The van der Waals surface area contributed by atoms with Crippen molar-refractivity contribution in [2.75, 3.05) is 11.9 Å². The standard InChI is InChI=1S/C26H26N4O5/c31-23(29-24(25(32)33)16-6-5-7-16)14-30-13-17(12-27-30)28-26(34)35-15-22-20-10-3-1-8-18(20)19-9-2-4-11-21(19)22/h1-4,8-13,16,22,24H,5-7,14-15H2,(H,28,34)(H,29,31)(H,32,33). The first-order valence-corrected chi connectivity index (χ1v) is 11.7. The monoisotopic (exact) mass is 474 g/mol. The zero-order chi connectivity index (χ0) is 24.4. The van der Waals surface area contributed by atoms with Crippen molar-refractivity contribution in [2.45, 2.75) is 37.8 Å². The first kappa shape index (κ1) is 22.6. The summed E-state index contributed by atoms with van der Waals surface area (Å²) in [4.78, 5) is 36.2. The molecule has 0 aliphatic heterocycles. The SMILES string of the molecule is O=C(Cn1cc(NC(=O)OCC2c3ccccc3-c3ccccc32)cn1)NC(C(=O)O)C1CCC1. The van der Waals surface area contributed by atoms with Crippen LogP contribution in [0.15, 0.2) is 60.9 Å². The van der Waals surface area contributed by atoms with Crippen LogP contribution in [0, 0.1) is 5.92 Å². The van der Waals surface area contributed by atoms with Gasteiger partial charge in [0, 0.05) is 12.1 Å². The van der Waals surface area contributed by atoms with Crippen LogP contribution in [0.1, 0.15) is 36.3 Å². The van der Waals surface area contributed by atoms with Crippen molar-refractivity contribution in [1.29, 1.82) is 0 Å². The highest BCUT2D eigenvalue weighted by Gasteiger charge is 2.33. The summed E-state index contributed by atoms with van der Waals surface area (Å²) in [5.74, 6) is -1.54. The maximum Gasteiger partial charge on any atom is 0.411 e. The minimum Gasteiger partial charge on any atom is -0.480 e. The molecule has 0 saturated heterocycles. The Kier molecular flexibility index (Phi) is 6.22. The van der Waals surface area contributed by atoms with Gasteiger partial charge in [0.25, 0.3) is 0 Å². The van der Waals surface area contributed by atoms with E-state index in [1.54, 1.807) is 0 Å². The van der Waals surface area contributed by atoms with Gasteiger partial charge in [0.15, 0.2) is 0 Å². The predicted octanol–water partition coefficient (Wildman–Crippen LogP) is 3.61. The van der Waals surface area contributed by atoms with Gasteiger partial charge >= 0.3 is 12.1 Å². The molecule has 1 unspecified atom stereocenters. The van der Waals surface area contributed by atoms with Gasteiger partial charge in [-0.05, 0) is 41.0 Å². The number of carbonyl (C=O) groups is 3.